The molecule has 2 amide bonds. The number of nitrogens with one attached hydrogen (secondary N) is 1. The van der Waals surface area contributed by atoms with Crippen LogP contribution >= 0.6 is 11.6 Å². The van der Waals surface area contributed by atoms with Crippen LogP contribution in [0.2, 0.25) is 5.02 Å². The summed E-state index contributed by atoms with van der Waals surface area (Å²) in [6, 6.07) is 6.01. The Morgan fingerprint density at radius 1 is 1.05 bits per heavy atom. The summed E-state index contributed by atoms with van der Waals surface area (Å²) in [6.45, 7) is 7.19. The number of rotatable bonds is 5. The molecule has 4 aliphatic rings. The number of amides is 2. The normalized spacial score (nSPS) is 22.2. The fourth-order valence-corrected chi connectivity index (χ4v) is 7.03. The summed E-state index contributed by atoms with van der Waals surface area (Å²) in [7, 11) is 0. The van der Waals surface area contributed by atoms with E-state index in [4.69, 9.17) is 16.7 Å². The molecule has 1 aromatic carbocycles. The number of piperidine rings is 1. The van der Waals surface area contributed by atoms with Gasteiger partial charge in [-0.05, 0) is 70.6 Å². The molecule has 4 fully saturated rings. The molecule has 4 heterocycles. The van der Waals surface area contributed by atoms with Crippen LogP contribution in [0.1, 0.15) is 87.5 Å². The molecule has 2 N–H and O–H groups in total. The topological polar surface area (TPSA) is 103 Å². The van der Waals surface area contributed by atoms with Gasteiger partial charge in [-0.1, -0.05) is 11.6 Å². The number of carbonyl (C=O) groups excluding carboxylic acids is 1. The standard InChI is InChI=1S/C28H36ClN7O2/c1-27(2,38)14-36-22-6-5-20(29)11-21(22)23(33-36)17-7-9-34(10-8-17)26(37)35-15-28(16-35)12-19(13-28)25-30-24(31-32-25)18-3-4-18/h5-6,11,17-19,38H,3-4,7-10,12-16H2,1-2H3,(H,30,31,32). The molecular weight excluding hydrogens is 502 g/mol. The van der Waals surface area contributed by atoms with Crippen LogP contribution in [-0.4, -0.2) is 77.7 Å². The van der Waals surface area contributed by atoms with E-state index in [1.807, 2.05) is 32.7 Å². The Labute approximate surface area is 227 Å². The summed E-state index contributed by atoms with van der Waals surface area (Å²) < 4.78 is 1.90. The van der Waals surface area contributed by atoms with Gasteiger partial charge in [-0.25, -0.2) is 4.79 Å². The molecule has 2 aromatic heterocycles. The number of carbonyl (C=O) groups is 1. The third-order valence-corrected chi connectivity index (χ3v) is 9.22. The van der Waals surface area contributed by atoms with Gasteiger partial charge < -0.3 is 19.9 Å². The third-order valence-electron chi connectivity index (χ3n) is 8.98. The molecule has 38 heavy (non-hydrogen) atoms. The summed E-state index contributed by atoms with van der Waals surface area (Å²) in [6.07, 6.45) is 6.41. The van der Waals surface area contributed by atoms with E-state index in [0.717, 1.165) is 80.1 Å². The summed E-state index contributed by atoms with van der Waals surface area (Å²) in [5, 5.41) is 25.8. The number of H-pyrrole nitrogens is 1. The lowest BCUT2D eigenvalue weighted by molar-refractivity contribution is -0.0571. The summed E-state index contributed by atoms with van der Waals surface area (Å²) >= 11 is 6.34. The fourth-order valence-electron chi connectivity index (χ4n) is 6.86. The van der Waals surface area contributed by atoms with E-state index in [-0.39, 0.29) is 17.4 Å². The molecule has 7 rings (SSSR count). The van der Waals surface area contributed by atoms with Gasteiger partial charge in [-0.2, -0.15) is 5.10 Å². The van der Waals surface area contributed by atoms with E-state index in [1.54, 1.807) is 13.8 Å². The van der Waals surface area contributed by atoms with Crippen LogP contribution in [0.3, 0.4) is 0 Å². The van der Waals surface area contributed by atoms with Crippen molar-refractivity contribution in [2.45, 2.75) is 82.3 Å². The Morgan fingerprint density at radius 3 is 2.39 bits per heavy atom. The number of aromatic nitrogens is 5. The second-order valence-electron chi connectivity index (χ2n) is 12.9. The Morgan fingerprint density at radius 2 is 1.74 bits per heavy atom. The van der Waals surface area contributed by atoms with E-state index in [2.05, 4.69) is 15.2 Å². The van der Waals surface area contributed by atoms with Gasteiger partial charge in [0, 0.05) is 59.8 Å². The number of aliphatic hydroxyl groups is 1. The number of hydrogen-bond acceptors (Lipinski definition) is 5. The molecule has 3 aromatic rings. The zero-order valence-electron chi connectivity index (χ0n) is 22.2. The van der Waals surface area contributed by atoms with Gasteiger partial charge >= 0.3 is 6.03 Å². The second-order valence-corrected chi connectivity index (χ2v) is 13.3. The zero-order valence-corrected chi connectivity index (χ0v) is 22.9. The molecule has 0 bridgehead atoms. The molecule has 0 radical (unpaired) electrons. The van der Waals surface area contributed by atoms with E-state index >= 15 is 0 Å². The number of benzene rings is 1. The molecule has 2 aliphatic heterocycles. The van der Waals surface area contributed by atoms with Crippen molar-refractivity contribution < 1.29 is 9.90 Å². The highest BCUT2D eigenvalue weighted by Crippen LogP contribution is 2.56. The highest BCUT2D eigenvalue weighted by molar-refractivity contribution is 6.31. The minimum Gasteiger partial charge on any atom is -0.389 e. The van der Waals surface area contributed by atoms with Crippen molar-refractivity contribution >= 4 is 28.5 Å². The van der Waals surface area contributed by atoms with Gasteiger partial charge in [0.2, 0.25) is 0 Å². The average Bonchev–Trinajstić information content (AvgIpc) is 3.47. The first-order chi connectivity index (χ1) is 18.2. The number of urea groups is 1. The fraction of sp³-hybridized carbons (Fsp3) is 0.643. The molecule has 0 unspecified atom stereocenters. The van der Waals surface area contributed by atoms with Crippen LogP contribution in [0.25, 0.3) is 10.9 Å². The molecule has 2 aliphatic carbocycles. The van der Waals surface area contributed by atoms with Crippen molar-refractivity contribution in [2.75, 3.05) is 26.2 Å². The van der Waals surface area contributed by atoms with Crippen LogP contribution in [0, 0.1) is 5.41 Å². The second kappa shape index (κ2) is 8.68. The lowest BCUT2D eigenvalue weighted by Gasteiger charge is -2.59. The molecule has 0 atom stereocenters. The van der Waals surface area contributed by atoms with Crippen molar-refractivity contribution in [2.24, 2.45) is 5.41 Å². The predicted octanol–water partition coefficient (Wildman–Crippen LogP) is 4.64. The minimum absolute atomic E-state index is 0.175. The monoisotopic (exact) mass is 537 g/mol. The average molecular weight is 538 g/mol. The number of halogens is 1. The van der Waals surface area contributed by atoms with Crippen molar-refractivity contribution in [3.8, 4) is 0 Å². The number of likely N-dealkylation sites (tertiary alicyclic amines) is 2. The van der Waals surface area contributed by atoms with Gasteiger partial charge in [-0.3, -0.25) is 4.68 Å². The van der Waals surface area contributed by atoms with Crippen LogP contribution in [-0.2, 0) is 6.54 Å². The first kappa shape index (κ1) is 24.4. The molecule has 2 saturated carbocycles. The van der Waals surface area contributed by atoms with Gasteiger partial charge in [0.25, 0.3) is 0 Å². The zero-order chi connectivity index (χ0) is 26.2. The summed E-state index contributed by atoms with van der Waals surface area (Å²) in [5.74, 6) is 3.44. The maximum atomic E-state index is 13.3. The van der Waals surface area contributed by atoms with Gasteiger partial charge in [-0.15, -0.1) is 10.2 Å². The number of fused-ring (bicyclic) bond motifs is 1. The summed E-state index contributed by atoms with van der Waals surface area (Å²) in [4.78, 5) is 20.8. The lowest BCUT2D eigenvalue weighted by atomic mass is 9.57. The molecule has 1 spiro atoms. The van der Waals surface area contributed by atoms with E-state index < -0.39 is 5.60 Å². The molecule has 202 valence electrons. The SMILES string of the molecule is CC(C)(O)Cn1nc(C2CCN(C(=O)N3CC4(CC(c5nnc(C6CC6)[nH]5)C4)C3)CC2)c2cc(Cl)ccc21. The van der Waals surface area contributed by atoms with Crippen LogP contribution in [0.4, 0.5) is 4.79 Å². The maximum Gasteiger partial charge on any atom is 0.320 e. The van der Waals surface area contributed by atoms with Crippen molar-refractivity contribution in [1.82, 2.24) is 34.8 Å². The maximum absolute atomic E-state index is 13.3. The van der Waals surface area contributed by atoms with Gasteiger partial charge in [0.05, 0.1) is 23.4 Å². The van der Waals surface area contributed by atoms with Crippen LogP contribution < -0.4 is 0 Å². The van der Waals surface area contributed by atoms with E-state index in [9.17, 15) is 9.90 Å². The first-order valence-corrected chi connectivity index (χ1v) is 14.4. The largest absolute Gasteiger partial charge is 0.389 e. The lowest BCUT2D eigenvalue weighted by Crippen LogP contribution is -2.65. The van der Waals surface area contributed by atoms with E-state index in [0.29, 0.717) is 23.4 Å². The molecule has 10 heteroatoms. The molecular formula is C28H36ClN7O2. The molecule has 9 nitrogen and oxygen atoms in total. The highest BCUT2D eigenvalue weighted by atomic mass is 35.5. The molecule has 2 saturated heterocycles. The Kier molecular flexibility index (Phi) is 5.57. The van der Waals surface area contributed by atoms with E-state index in [1.165, 1.54) is 12.8 Å². The van der Waals surface area contributed by atoms with Crippen molar-refractivity contribution in [3.63, 3.8) is 0 Å². The predicted molar refractivity (Wildman–Crippen MR) is 144 cm³/mol. The Balaban J connectivity index is 0.951. The van der Waals surface area contributed by atoms with Gasteiger partial charge in [0.15, 0.2) is 0 Å². The van der Waals surface area contributed by atoms with Crippen molar-refractivity contribution in [3.05, 3.63) is 40.6 Å². The Bertz CT molecular complexity index is 1370. The van der Waals surface area contributed by atoms with Crippen molar-refractivity contribution in [1.29, 1.82) is 0 Å². The smallest absolute Gasteiger partial charge is 0.320 e. The minimum atomic E-state index is -0.866. The summed E-state index contributed by atoms with van der Waals surface area (Å²) in [5.41, 5.74) is 1.43. The van der Waals surface area contributed by atoms with Crippen LogP contribution in [0.5, 0.6) is 0 Å². The number of aromatic amines is 1. The number of hydrogen-bond donors (Lipinski definition) is 2. The van der Waals surface area contributed by atoms with Crippen LogP contribution in [0.15, 0.2) is 18.2 Å². The Hall–Kier alpha value is -2.65. The van der Waals surface area contributed by atoms with Gasteiger partial charge in [0.1, 0.15) is 11.6 Å². The third kappa shape index (κ3) is 4.37. The number of nitrogens with zero attached hydrogens (tertiary/aromatic N) is 6. The first-order valence-electron chi connectivity index (χ1n) is 14.0. The highest BCUT2D eigenvalue weighted by Gasteiger charge is 2.55. The quantitative estimate of drug-likeness (QED) is 0.493.